The number of imidazole rings is 1. The lowest BCUT2D eigenvalue weighted by Crippen LogP contribution is -2.15. The topological polar surface area (TPSA) is 75.7 Å². The summed E-state index contributed by atoms with van der Waals surface area (Å²) in [4.78, 5) is 17.2. The van der Waals surface area contributed by atoms with E-state index in [4.69, 9.17) is 21.3 Å². The van der Waals surface area contributed by atoms with Crippen LogP contribution >= 0.6 is 11.6 Å². The Morgan fingerprint density at radius 1 is 1.12 bits per heavy atom. The van der Waals surface area contributed by atoms with E-state index in [1.54, 1.807) is 7.11 Å². The van der Waals surface area contributed by atoms with Crippen LogP contribution < -0.4 is 10.1 Å². The van der Waals surface area contributed by atoms with Gasteiger partial charge < -0.3 is 15.0 Å². The fourth-order valence-electron chi connectivity index (χ4n) is 4.27. The molecule has 4 aromatic rings. The fourth-order valence-corrected chi connectivity index (χ4v) is 4.40. The van der Waals surface area contributed by atoms with Crippen molar-refractivity contribution in [3.63, 3.8) is 0 Å². The number of halogens is 1. The Morgan fingerprint density at radius 2 is 1.97 bits per heavy atom. The van der Waals surface area contributed by atoms with Gasteiger partial charge in [0.15, 0.2) is 0 Å². The van der Waals surface area contributed by atoms with Gasteiger partial charge in [-0.25, -0.2) is 15.0 Å². The standard InChI is InChI=1S/C25H24ClN5O/c1-15-13-27-24(29-15)21-11-10-19(12-22(21)32-2)30-25-28-14-17-4-3-5-20(23(17)31-25)16-6-8-18(26)9-7-16/h6-14,20H,3-5H2,1-2H3,(H,27,29)(H,28,30,31). The lowest BCUT2D eigenvalue weighted by molar-refractivity contribution is 0.416. The summed E-state index contributed by atoms with van der Waals surface area (Å²) in [6.45, 7) is 1.95. The number of ether oxygens (including phenoxy) is 1. The number of fused-ring (bicyclic) bond motifs is 1. The van der Waals surface area contributed by atoms with Gasteiger partial charge in [0.05, 0.1) is 24.1 Å². The van der Waals surface area contributed by atoms with E-state index in [0.717, 1.165) is 58.5 Å². The van der Waals surface area contributed by atoms with Crippen LogP contribution in [0.25, 0.3) is 11.4 Å². The number of H-pyrrole nitrogens is 1. The van der Waals surface area contributed by atoms with Crippen molar-refractivity contribution in [1.82, 2.24) is 19.9 Å². The number of rotatable bonds is 5. The highest BCUT2D eigenvalue weighted by Crippen LogP contribution is 2.37. The molecule has 0 saturated carbocycles. The number of methoxy groups -OCH3 is 1. The number of anilines is 2. The first kappa shape index (κ1) is 20.5. The molecule has 0 fully saturated rings. The third-order valence-corrected chi connectivity index (χ3v) is 6.11. The average Bonchev–Trinajstić information content (AvgIpc) is 3.25. The van der Waals surface area contributed by atoms with Gasteiger partial charge in [-0.3, -0.25) is 0 Å². The van der Waals surface area contributed by atoms with Gasteiger partial charge in [0.1, 0.15) is 11.6 Å². The second-order valence-corrected chi connectivity index (χ2v) is 8.47. The highest BCUT2D eigenvalue weighted by atomic mass is 35.5. The second kappa shape index (κ2) is 8.63. The second-order valence-electron chi connectivity index (χ2n) is 8.03. The zero-order valence-electron chi connectivity index (χ0n) is 18.0. The van der Waals surface area contributed by atoms with E-state index in [1.807, 2.05) is 49.6 Å². The quantitative estimate of drug-likeness (QED) is 0.391. The molecule has 7 heteroatoms. The van der Waals surface area contributed by atoms with Crippen molar-refractivity contribution in [3.8, 4) is 17.1 Å². The number of nitrogens with one attached hydrogen (secondary N) is 2. The molecule has 0 spiro atoms. The molecular formula is C25H24ClN5O. The molecule has 0 amide bonds. The number of hydrogen-bond donors (Lipinski definition) is 2. The molecule has 2 aromatic heterocycles. The molecule has 1 aliphatic rings. The van der Waals surface area contributed by atoms with Gasteiger partial charge in [0.2, 0.25) is 5.95 Å². The Bertz CT molecular complexity index is 1250. The smallest absolute Gasteiger partial charge is 0.227 e. The maximum Gasteiger partial charge on any atom is 0.227 e. The van der Waals surface area contributed by atoms with Crippen molar-refractivity contribution in [1.29, 1.82) is 0 Å². The molecule has 0 radical (unpaired) electrons. The van der Waals surface area contributed by atoms with E-state index in [0.29, 0.717) is 5.95 Å². The minimum absolute atomic E-state index is 0.249. The summed E-state index contributed by atoms with van der Waals surface area (Å²) in [5.41, 5.74) is 6.23. The number of benzene rings is 2. The van der Waals surface area contributed by atoms with Crippen molar-refractivity contribution in [2.45, 2.75) is 32.1 Å². The first-order chi connectivity index (χ1) is 15.6. The first-order valence-corrected chi connectivity index (χ1v) is 11.1. The first-order valence-electron chi connectivity index (χ1n) is 10.7. The van der Waals surface area contributed by atoms with E-state index in [2.05, 4.69) is 32.4 Å². The van der Waals surface area contributed by atoms with Gasteiger partial charge in [-0.1, -0.05) is 23.7 Å². The van der Waals surface area contributed by atoms with Crippen LogP contribution in [0.5, 0.6) is 5.75 Å². The molecule has 32 heavy (non-hydrogen) atoms. The van der Waals surface area contributed by atoms with Gasteiger partial charge in [-0.15, -0.1) is 0 Å². The number of hydrogen-bond acceptors (Lipinski definition) is 5. The van der Waals surface area contributed by atoms with E-state index in [1.165, 1.54) is 11.1 Å². The van der Waals surface area contributed by atoms with Crippen LogP contribution in [-0.4, -0.2) is 27.0 Å². The van der Waals surface area contributed by atoms with Gasteiger partial charge in [-0.2, -0.15) is 0 Å². The molecule has 162 valence electrons. The van der Waals surface area contributed by atoms with Crippen LogP contribution in [0.4, 0.5) is 11.6 Å². The van der Waals surface area contributed by atoms with E-state index < -0.39 is 0 Å². The maximum atomic E-state index is 6.09. The Balaban J connectivity index is 1.44. The summed E-state index contributed by atoms with van der Waals surface area (Å²) in [5, 5.41) is 4.09. The highest BCUT2D eigenvalue weighted by molar-refractivity contribution is 6.30. The van der Waals surface area contributed by atoms with Crippen LogP contribution in [0.1, 0.15) is 41.3 Å². The summed E-state index contributed by atoms with van der Waals surface area (Å²) in [5.74, 6) is 2.33. The monoisotopic (exact) mass is 445 g/mol. The molecule has 6 nitrogen and oxygen atoms in total. The molecule has 2 heterocycles. The fraction of sp³-hybridized carbons (Fsp3) is 0.240. The predicted octanol–water partition coefficient (Wildman–Crippen LogP) is 6.05. The molecule has 1 unspecified atom stereocenters. The van der Waals surface area contributed by atoms with Crippen LogP contribution in [-0.2, 0) is 6.42 Å². The zero-order chi connectivity index (χ0) is 22.1. The average molecular weight is 446 g/mol. The largest absolute Gasteiger partial charge is 0.496 e. The van der Waals surface area contributed by atoms with E-state index in [9.17, 15) is 0 Å². The molecular weight excluding hydrogens is 422 g/mol. The lowest BCUT2D eigenvalue weighted by atomic mass is 9.83. The van der Waals surface area contributed by atoms with Gasteiger partial charge in [-0.05, 0) is 61.6 Å². The van der Waals surface area contributed by atoms with Gasteiger partial charge in [0, 0.05) is 35.1 Å². The van der Waals surface area contributed by atoms with Crippen molar-refractivity contribution in [3.05, 3.63) is 82.4 Å². The predicted molar refractivity (Wildman–Crippen MR) is 127 cm³/mol. The summed E-state index contributed by atoms with van der Waals surface area (Å²) < 4.78 is 5.61. The molecule has 1 atom stereocenters. The number of aryl methyl sites for hydroxylation is 2. The van der Waals surface area contributed by atoms with Crippen LogP contribution in [0.2, 0.25) is 5.02 Å². The van der Waals surface area contributed by atoms with Crippen molar-refractivity contribution < 1.29 is 4.74 Å². The van der Waals surface area contributed by atoms with Crippen LogP contribution in [0.3, 0.4) is 0 Å². The molecule has 5 rings (SSSR count). The van der Waals surface area contributed by atoms with Crippen molar-refractivity contribution in [2.75, 3.05) is 12.4 Å². The zero-order valence-corrected chi connectivity index (χ0v) is 18.8. The molecule has 0 saturated heterocycles. The number of nitrogens with zero attached hydrogens (tertiary/aromatic N) is 3. The Morgan fingerprint density at radius 3 is 2.72 bits per heavy atom. The molecule has 0 aliphatic heterocycles. The highest BCUT2D eigenvalue weighted by Gasteiger charge is 2.24. The van der Waals surface area contributed by atoms with Gasteiger partial charge >= 0.3 is 0 Å². The molecule has 2 N–H and O–H groups in total. The van der Waals surface area contributed by atoms with Crippen LogP contribution in [0.15, 0.2) is 54.9 Å². The minimum atomic E-state index is 0.249. The summed E-state index contributed by atoms with van der Waals surface area (Å²) >= 11 is 6.09. The lowest BCUT2D eigenvalue weighted by Gasteiger charge is -2.25. The van der Waals surface area contributed by atoms with Crippen molar-refractivity contribution in [2.24, 2.45) is 0 Å². The maximum absolute atomic E-state index is 6.09. The Labute approximate surface area is 192 Å². The number of aromatic amines is 1. The van der Waals surface area contributed by atoms with Gasteiger partial charge in [0.25, 0.3) is 0 Å². The Hall–Kier alpha value is -3.38. The Kier molecular flexibility index (Phi) is 5.53. The summed E-state index contributed by atoms with van der Waals surface area (Å²) in [6, 6.07) is 14.0. The van der Waals surface area contributed by atoms with E-state index in [-0.39, 0.29) is 5.92 Å². The number of aromatic nitrogens is 4. The SMILES string of the molecule is COc1cc(Nc2ncc3c(n2)C(c2ccc(Cl)cc2)CCC3)ccc1-c1nc(C)c[nH]1. The van der Waals surface area contributed by atoms with Crippen LogP contribution in [0, 0.1) is 6.92 Å². The third-order valence-electron chi connectivity index (χ3n) is 5.86. The van der Waals surface area contributed by atoms with E-state index >= 15 is 0 Å². The minimum Gasteiger partial charge on any atom is -0.496 e. The normalized spacial score (nSPS) is 15.3. The molecule has 1 aliphatic carbocycles. The molecule has 2 aromatic carbocycles. The summed E-state index contributed by atoms with van der Waals surface area (Å²) in [6.07, 6.45) is 7.02. The summed E-state index contributed by atoms with van der Waals surface area (Å²) in [7, 11) is 1.66. The van der Waals surface area contributed by atoms with Crippen molar-refractivity contribution >= 4 is 23.2 Å². The molecule has 0 bridgehead atoms. The third kappa shape index (κ3) is 4.06.